The van der Waals surface area contributed by atoms with E-state index in [-0.39, 0.29) is 0 Å². The van der Waals surface area contributed by atoms with Gasteiger partial charge >= 0.3 is 0 Å². The minimum atomic E-state index is 0.712. The Morgan fingerprint density at radius 3 is 2.68 bits per heavy atom. The molecule has 0 aliphatic carbocycles. The molecule has 1 saturated heterocycles. The van der Waals surface area contributed by atoms with E-state index >= 15 is 0 Å². The number of hydrogen-bond acceptors (Lipinski definition) is 4. The predicted octanol–water partition coefficient (Wildman–Crippen LogP) is 5.01. The van der Waals surface area contributed by atoms with Gasteiger partial charge in [-0.1, -0.05) is 26.5 Å². The summed E-state index contributed by atoms with van der Waals surface area (Å²) in [5, 5.41) is 0. The molecule has 5 nitrogen and oxygen atoms in total. The van der Waals surface area contributed by atoms with E-state index in [1.165, 1.54) is 31.2 Å². The fourth-order valence-corrected chi connectivity index (χ4v) is 3.98. The van der Waals surface area contributed by atoms with E-state index in [2.05, 4.69) is 59.1 Å². The largest absolute Gasteiger partial charge is 0.356 e. The molecule has 5 heteroatoms. The molecule has 146 valence electrons. The summed E-state index contributed by atoms with van der Waals surface area (Å²) in [6.07, 6.45) is 11.8. The molecule has 0 bridgehead atoms. The van der Waals surface area contributed by atoms with Crippen LogP contribution in [-0.4, -0.2) is 32.4 Å². The van der Waals surface area contributed by atoms with Gasteiger partial charge in [-0.15, -0.1) is 0 Å². The number of fused-ring (bicyclic) bond motifs is 1. The molecule has 1 aliphatic heterocycles. The third-order valence-corrected chi connectivity index (χ3v) is 5.72. The second kappa shape index (κ2) is 8.13. The first-order valence-electron chi connectivity index (χ1n) is 10.4. The minimum absolute atomic E-state index is 0.712. The van der Waals surface area contributed by atoms with E-state index in [0.29, 0.717) is 5.82 Å². The number of aromatic nitrogens is 4. The smallest absolute Gasteiger partial charge is 0.180 e. The zero-order valence-corrected chi connectivity index (χ0v) is 16.9. The number of imidazole rings is 1. The molecule has 0 amide bonds. The van der Waals surface area contributed by atoms with E-state index in [4.69, 9.17) is 9.97 Å². The number of aryl methyl sites for hydroxylation is 1. The normalized spacial score (nSPS) is 16.1. The first-order chi connectivity index (χ1) is 13.7. The van der Waals surface area contributed by atoms with Crippen molar-refractivity contribution in [3.63, 3.8) is 0 Å². The summed E-state index contributed by atoms with van der Waals surface area (Å²) >= 11 is 0. The van der Waals surface area contributed by atoms with Crippen LogP contribution in [0.3, 0.4) is 0 Å². The summed E-state index contributed by atoms with van der Waals surface area (Å²) < 4.78 is 2.10. The van der Waals surface area contributed by atoms with Gasteiger partial charge in [0.1, 0.15) is 17.2 Å². The van der Waals surface area contributed by atoms with E-state index in [0.717, 1.165) is 48.3 Å². The summed E-state index contributed by atoms with van der Waals surface area (Å²) in [6.45, 7) is 10.6. The Kier molecular flexibility index (Phi) is 5.42. The molecule has 0 saturated carbocycles. The molecule has 0 unspecified atom stereocenters. The Morgan fingerprint density at radius 1 is 1.18 bits per heavy atom. The van der Waals surface area contributed by atoms with Gasteiger partial charge < -0.3 is 4.90 Å². The van der Waals surface area contributed by atoms with Crippen LogP contribution in [0.5, 0.6) is 0 Å². The maximum Gasteiger partial charge on any atom is 0.180 e. The van der Waals surface area contributed by atoms with Crippen LogP contribution in [0.4, 0.5) is 5.82 Å². The topological polar surface area (TPSA) is 46.3 Å². The molecule has 0 atom stereocenters. The van der Waals surface area contributed by atoms with E-state index in [9.17, 15) is 0 Å². The van der Waals surface area contributed by atoms with Crippen molar-refractivity contribution in [1.82, 2.24) is 19.4 Å². The van der Waals surface area contributed by atoms with Crippen LogP contribution in [0.1, 0.15) is 50.8 Å². The maximum absolute atomic E-state index is 4.95. The molecule has 28 heavy (non-hydrogen) atoms. The molecule has 4 rings (SSSR count). The Morgan fingerprint density at radius 2 is 1.96 bits per heavy atom. The standard InChI is InChI=1S/C23H29N5/c1-4-18-10-11-21-24-15-20(28(21)16-18)23-25-19(5-2)14-22(26-23)27-12-6-8-17(3)9-7-13-27/h5,10-11,14-17H,2,4,6-9,12-13H2,1,3H3. The summed E-state index contributed by atoms with van der Waals surface area (Å²) in [6, 6.07) is 6.24. The zero-order valence-electron chi connectivity index (χ0n) is 16.9. The fraction of sp³-hybridized carbons (Fsp3) is 0.435. The average Bonchev–Trinajstić information content (AvgIpc) is 3.13. The van der Waals surface area contributed by atoms with Gasteiger partial charge in [-0.3, -0.25) is 4.40 Å². The predicted molar refractivity (Wildman–Crippen MR) is 116 cm³/mol. The summed E-state index contributed by atoms with van der Waals surface area (Å²) in [5.41, 5.74) is 3.97. The molecular formula is C23H29N5. The summed E-state index contributed by atoms with van der Waals surface area (Å²) in [5.74, 6) is 2.54. The number of rotatable bonds is 4. The third kappa shape index (κ3) is 3.79. The van der Waals surface area contributed by atoms with Crippen molar-refractivity contribution in [3.05, 3.63) is 48.4 Å². The zero-order chi connectivity index (χ0) is 19.5. The van der Waals surface area contributed by atoms with Gasteiger partial charge in [0.05, 0.1) is 11.9 Å². The first kappa shape index (κ1) is 18.7. The van der Waals surface area contributed by atoms with Crippen LogP contribution in [0.15, 0.2) is 37.2 Å². The van der Waals surface area contributed by atoms with Crippen LogP contribution in [0, 0.1) is 5.92 Å². The van der Waals surface area contributed by atoms with Crippen LogP contribution < -0.4 is 4.90 Å². The van der Waals surface area contributed by atoms with Crippen molar-refractivity contribution < 1.29 is 0 Å². The SMILES string of the molecule is C=Cc1cc(N2CCCC(C)CCC2)nc(-c2cnc3ccc(CC)cn23)n1. The molecule has 0 spiro atoms. The first-order valence-corrected chi connectivity index (χ1v) is 10.4. The van der Waals surface area contributed by atoms with Crippen LogP contribution >= 0.6 is 0 Å². The van der Waals surface area contributed by atoms with Crippen LogP contribution in [0.2, 0.25) is 0 Å². The fourth-order valence-electron chi connectivity index (χ4n) is 3.98. The lowest BCUT2D eigenvalue weighted by Crippen LogP contribution is -2.29. The highest BCUT2D eigenvalue weighted by molar-refractivity contribution is 5.62. The van der Waals surface area contributed by atoms with Crippen molar-refractivity contribution in [2.75, 3.05) is 18.0 Å². The monoisotopic (exact) mass is 375 g/mol. The molecular weight excluding hydrogens is 346 g/mol. The number of pyridine rings is 1. The van der Waals surface area contributed by atoms with Gasteiger partial charge in [0.15, 0.2) is 5.82 Å². The van der Waals surface area contributed by atoms with Gasteiger partial charge in [0.25, 0.3) is 0 Å². The number of hydrogen-bond donors (Lipinski definition) is 0. The molecule has 4 heterocycles. The lowest BCUT2D eigenvalue weighted by molar-refractivity contribution is 0.433. The Bertz CT molecular complexity index is 964. The summed E-state index contributed by atoms with van der Waals surface area (Å²) in [4.78, 5) is 16.6. The third-order valence-electron chi connectivity index (χ3n) is 5.72. The highest BCUT2D eigenvalue weighted by Crippen LogP contribution is 2.25. The second-order valence-corrected chi connectivity index (χ2v) is 7.82. The Balaban J connectivity index is 1.74. The van der Waals surface area contributed by atoms with Crippen molar-refractivity contribution in [2.24, 2.45) is 5.92 Å². The molecule has 1 fully saturated rings. The van der Waals surface area contributed by atoms with Gasteiger partial charge in [-0.2, -0.15) is 0 Å². The molecule has 3 aromatic heterocycles. The maximum atomic E-state index is 4.95. The summed E-state index contributed by atoms with van der Waals surface area (Å²) in [7, 11) is 0. The highest BCUT2D eigenvalue weighted by atomic mass is 15.2. The molecule has 0 radical (unpaired) electrons. The van der Waals surface area contributed by atoms with Gasteiger partial charge in [-0.25, -0.2) is 15.0 Å². The minimum Gasteiger partial charge on any atom is -0.356 e. The Labute approximate surface area is 167 Å². The van der Waals surface area contributed by atoms with Crippen molar-refractivity contribution in [2.45, 2.75) is 46.0 Å². The van der Waals surface area contributed by atoms with E-state index < -0.39 is 0 Å². The quantitative estimate of drug-likeness (QED) is 0.643. The van der Waals surface area contributed by atoms with E-state index in [1.807, 2.05) is 12.3 Å². The van der Waals surface area contributed by atoms with Gasteiger partial charge in [0.2, 0.25) is 0 Å². The molecule has 3 aromatic rings. The van der Waals surface area contributed by atoms with Crippen LogP contribution in [0.25, 0.3) is 23.2 Å². The van der Waals surface area contributed by atoms with Crippen LogP contribution in [-0.2, 0) is 6.42 Å². The van der Waals surface area contributed by atoms with Crippen molar-refractivity contribution in [3.8, 4) is 11.5 Å². The van der Waals surface area contributed by atoms with Gasteiger partial charge in [0, 0.05) is 25.4 Å². The second-order valence-electron chi connectivity index (χ2n) is 7.82. The molecule has 0 N–H and O–H groups in total. The molecule has 0 aromatic carbocycles. The van der Waals surface area contributed by atoms with Crippen molar-refractivity contribution in [1.29, 1.82) is 0 Å². The van der Waals surface area contributed by atoms with Crippen molar-refractivity contribution >= 4 is 17.5 Å². The highest BCUT2D eigenvalue weighted by Gasteiger charge is 2.17. The van der Waals surface area contributed by atoms with E-state index in [1.54, 1.807) is 0 Å². The number of anilines is 1. The number of nitrogens with zero attached hydrogens (tertiary/aromatic N) is 5. The lowest BCUT2D eigenvalue weighted by atomic mass is 9.97. The lowest BCUT2D eigenvalue weighted by Gasteiger charge is -2.28. The Hall–Kier alpha value is -2.69. The molecule has 1 aliphatic rings. The average molecular weight is 376 g/mol. The van der Waals surface area contributed by atoms with Gasteiger partial charge in [-0.05, 0) is 55.7 Å².